The molecule has 0 saturated heterocycles. The van der Waals surface area contributed by atoms with Crippen molar-refractivity contribution in [3.63, 3.8) is 0 Å². The molecule has 3 N–H and O–H groups in total. The number of carbonyl (C=O) groups is 1. The van der Waals surface area contributed by atoms with E-state index in [-0.39, 0.29) is 11.9 Å². The first-order valence-electron chi connectivity index (χ1n) is 7.33. The van der Waals surface area contributed by atoms with Gasteiger partial charge in [-0.15, -0.1) is 0 Å². The molecule has 1 aliphatic carbocycles. The Balaban J connectivity index is 1.86. The highest BCUT2D eigenvalue weighted by molar-refractivity contribution is 5.94. The summed E-state index contributed by atoms with van der Waals surface area (Å²) in [5.41, 5.74) is 6.60. The summed E-state index contributed by atoms with van der Waals surface area (Å²) in [6.45, 7) is 5.38. The van der Waals surface area contributed by atoms with Gasteiger partial charge in [-0.25, -0.2) is 0 Å². The zero-order chi connectivity index (χ0) is 14.5. The van der Waals surface area contributed by atoms with Gasteiger partial charge in [-0.05, 0) is 42.9 Å². The summed E-state index contributed by atoms with van der Waals surface area (Å²) in [4.78, 5) is 12.1. The first-order chi connectivity index (χ1) is 9.56. The van der Waals surface area contributed by atoms with Crippen molar-refractivity contribution in [1.82, 2.24) is 5.32 Å². The molecule has 1 fully saturated rings. The van der Waals surface area contributed by atoms with Crippen LogP contribution < -0.4 is 15.8 Å². The Bertz CT molecular complexity index is 456. The van der Waals surface area contributed by atoms with Crippen LogP contribution in [0.2, 0.25) is 0 Å². The zero-order valence-corrected chi connectivity index (χ0v) is 12.3. The molecule has 1 unspecified atom stereocenters. The fourth-order valence-corrected chi connectivity index (χ4v) is 1.99. The van der Waals surface area contributed by atoms with Gasteiger partial charge in [-0.1, -0.05) is 19.9 Å². The number of benzene rings is 1. The molecule has 0 spiro atoms. The predicted octanol–water partition coefficient (Wildman–Crippen LogP) is 2.19. The minimum absolute atomic E-state index is 0.0827. The van der Waals surface area contributed by atoms with E-state index in [1.807, 2.05) is 12.1 Å². The van der Waals surface area contributed by atoms with Crippen LogP contribution in [0.5, 0.6) is 5.75 Å². The van der Waals surface area contributed by atoms with Gasteiger partial charge in [0.25, 0.3) is 5.91 Å². The van der Waals surface area contributed by atoms with E-state index in [9.17, 15) is 4.79 Å². The van der Waals surface area contributed by atoms with Gasteiger partial charge < -0.3 is 15.8 Å². The molecule has 20 heavy (non-hydrogen) atoms. The van der Waals surface area contributed by atoms with Crippen LogP contribution in [0.15, 0.2) is 24.3 Å². The molecule has 0 radical (unpaired) electrons. The summed E-state index contributed by atoms with van der Waals surface area (Å²) in [7, 11) is 0. The SMILES string of the molecule is CC(C)COc1cccc(C(=O)NCC(N)C2CC2)c1. The van der Waals surface area contributed by atoms with E-state index in [4.69, 9.17) is 10.5 Å². The van der Waals surface area contributed by atoms with Crippen LogP contribution in [0.3, 0.4) is 0 Å². The van der Waals surface area contributed by atoms with Gasteiger partial charge in [0.1, 0.15) is 5.75 Å². The Morgan fingerprint density at radius 3 is 2.85 bits per heavy atom. The monoisotopic (exact) mass is 276 g/mol. The second kappa shape index (κ2) is 6.75. The van der Waals surface area contributed by atoms with Crippen molar-refractivity contribution in [2.45, 2.75) is 32.7 Å². The summed E-state index contributed by atoms with van der Waals surface area (Å²) in [5, 5.41) is 2.89. The zero-order valence-electron chi connectivity index (χ0n) is 12.3. The summed E-state index contributed by atoms with van der Waals surface area (Å²) in [6.07, 6.45) is 2.38. The third-order valence-electron chi connectivity index (χ3n) is 3.41. The third-order valence-corrected chi connectivity index (χ3v) is 3.41. The van der Waals surface area contributed by atoms with Gasteiger partial charge in [0.2, 0.25) is 0 Å². The number of carbonyl (C=O) groups excluding carboxylic acids is 1. The summed E-state index contributed by atoms with van der Waals surface area (Å²) >= 11 is 0. The van der Waals surface area contributed by atoms with Crippen molar-refractivity contribution < 1.29 is 9.53 Å². The average molecular weight is 276 g/mol. The first-order valence-corrected chi connectivity index (χ1v) is 7.33. The van der Waals surface area contributed by atoms with E-state index in [2.05, 4.69) is 19.2 Å². The minimum atomic E-state index is -0.0869. The number of nitrogens with two attached hydrogens (primary N) is 1. The maximum absolute atomic E-state index is 12.1. The molecule has 2 rings (SSSR count). The van der Waals surface area contributed by atoms with Crippen LogP contribution in [0.4, 0.5) is 0 Å². The maximum atomic E-state index is 12.1. The van der Waals surface area contributed by atoms with Gasteiger partial charge >= 0.3 is 0 Å². The topological polar surface area (TPSA) is 64.3 Å². The highest BCUT2D eigenvalue weighted by Gasteiger charge is 2.28. The molecule has 0 aromatic heterocycles. The van der Waals surface area contributed by atoms with Crippen LogP contribution in [0.25, 0.3) is 0 Å². The van der Waals surface area contributed by atoms with Crippen molar-refractivity contribution in [1.29, 1.82) is 0 Å². The normalized spacial score (nSPS) is 16.0. The smallest absolute Gasteiger partial charge is 0.251 e. The maximum Gasteiger partial charge on any atom is 0.251 e. The van der Waals surface area contributed by atoms with Crippen LogP contribution in [0.1, 0.15) is 37.0 Å². The lowest BCUT2D eigenvalue weighted by molar-refractivity contribution is 0.0950. The number of hydrogen-bond donors (Lipinski definition) is 2. The first kappa shape index (κ1) is 14.9. The van der Waals surface area contributed by atoms with Crippen LogP contribution in [-0.2, 0) is 0 Å². The van der Waals surface area contributed by atoms with E-state index in [0.29, 0.717) is 30.6 Å². The molecule has 1 aromatic rings. The summed E-state index contributed by atoms with van der Waals surface area (Å²) in [5.74, 6) is 1.70. The Morgan fingerprint density at radius 2 is 2.20 bits per heavy atom. The molecule has 0 aliphatic heterocycles. The molecule has 1 atom stereocenters. The molecule has 1 amide bonds. The Kier molecular flexibility index (Phi) is 5.01. The molecule has 0 heterocycles. The van der Waals surface area contributed by atoms with E-state index >= 15 is 0 Å². The summed E-state index contributed by atoms with van der Waals surface area (Å²) in [6, 6.07) is 7.36. The molecule has 1 saturated carbocycles. The Hall–Kier alpha value is -1.55. The van der Waals surface area contributed by atoms with Gasteiger partial charge in [-0.3, -0.25) is 4.79 Å². The predicted molar refractivity (Wildman–Crippen MR) is 79.8 cm³/mol. The van der Waals surface area contributed by atoms with Gasteiger partial charge in [-0.2, -0.15) is 0 Å². The minimum Gasteiger partial charge on any atom is -0.493 e. The van der Waals surface area contributed by atoms with Crippen molar-refractivity contribution in [2.24, 2.45) is 17.6 Å². The van der Waals surface area contributed by atoms with E-state index < -0.39 is 0 Å². The van der Waals surface area contributed by atoms with E-state index in [0.717, 1.165) is 5.75 Å². The molecule has 110 valence electrons. The van der Waals surface area contributed by atoms with E-state index in [1.54, 1.807) is 12.1 Å². The molecule has 1 aromatic carbocycles. The molecule has 4 heteroatoms. The second-order valence-electron chi connectivity index (χ2n) is 5.94. The Labute approximate surface area is 120 Å². The molecular formula is C16H24N2O2. The second-order valence-corrected chi connectivity index (χ2v) is 5.94. The van der Waals surface area contributed by atoms with Crippen molar-refractivity contribution >= 4 is 5.91 Å². The molecule has 4 nitrogen and oxygen atoms in total. The lowest BCUT2D eigenvalue weighted by Gasteiger charge is -2.13. The fourth-order valence-electron chi connectivity index (χ4n) is 1.99. The Morgan fingerprint density at radius 1 is 1.45 bits per heavy atom. The van der Waals surface area contributed by atoms with Crippen molar-refractivity contribution in [2.75, 3.05) is 13.2 Å². The van der Waals surface area contributed by atoms with Crippen LogP contribution in [-0.4, -0.2) is 25.1 Å². The number of amides is 1. The van der Waals surface area contributed by atoms with Gasteiger partial charge in [0, 0.05) is 18.2 Å². The van der Waals surface area contributed by atoms with Crippen LogP contribution >= 0.6 is 0 Å². The van der Waals surface area contributed by atoms with E-state index in [1.165, 1.54) is 12.8 Å². The largest absolute Gasteiger partial charge is 0.493 e. The molecular weight excluding hydrogens is 252 g/mol. The summed E-state index contributed by atoms with van der Waals surface area (Å²) < 4.78 is 5.63. The van der Waals surface area contributed by atoms with Gasteiger partial charge in [0.15, 0.2) is 0 Å². The number of hydrogen-bond acceptors (Lipinski definition) is 3. The molecule has 1 aliphatic rings. The van der Waals surface area contributed by atoms with Crippen molar-refractivity contribution in [3.8, 4) is 5.75 Å². The van der Waals surface area contributed by atoms with Gasteiger partial charge in [0.05, 0.1) is 6.61 Å². The van der Waals surface area contributed by atoms with Crippen LogP contribution in [0, 0.1) is 11.8 Å². The average Bonchev–Trinajstić information content (AvgIpc) is 3.27. The van der Waals surface area contributed by atoms with Crippen molar-refractivity contribution in [3.05, 3.63) is 29.8 Å². The lowest BCUT2D eigenvalue weighted by atomic mass is 10.1. The third kappa shape index (κ3) is 4.53. The highest BCUT2D eigenvalue weighted by atomic mass is 16.5. The number of nitrogens with one attached hydrogen (secondary N) is 1. The quantitative estimate of drug-likeness (QED) is 0.802. The highest BCUT2D eigenvalue weighted by Crippen LogP contribution is 2.31. The fraction of sp³-hybridized carbons (Fsp3) is 0.562. The molecule has 0 bridgehead atoms. The lowest BCUT2D eigenvalue weighted by Crippen LogP contribution is -2.38. The number of ether oxygens (including phenoxy) is 1. The standard InChI is InChI=1S/C16H24N2O2/c1-11(2)10-20-14-5-3-4-13(8-14)16(19)18-9-15(17)12-6-7-12/h3-5,8,11-12,15H,6-7,9-10,17H2,1-2H3,(H,18,19). The number of rotatable bonds is 7.